The number of carbonyl (C=O) groups excluding carboxylic acids is 2. The SMILES string of the molecule is O=C(NCCCc1nc2ccccc2n1CC(=O)N(C1CCCCC1)C1CCCCC1)c1cccc(Br)c1. The number of halogens is 1. The number of imidazole rings is 1. The Kier molecular flexibility index (Phi) is 9.15. The molecule has 0 spiro atoms. The number of para-hydroxylation sites is 2. The molecule has 0 atom stereocenters. The zero-order chi connectivity index (χ0) is 26.3. The van der Waals surface area contributed by atoms with E-state index in [0.717, 1.165) is 53.4 Å². The van der Waals surface area contributed by atoms with Gasteiger partial charge in [-0.25, -0.2) is 4.98 Å². The van der Waals surface area contributed by atoms with Crippen LogP contribution in [0.3, 0.4) is 0 Å². The molecule has 2 aliphatic rings. The zero-order valence-corrected chi connectivity index (χ0v) is 23.8. The van der Waals surface area contributed by atoms with Crippen molar-refractivity contribution in [2.45, 2.75) is 95.7 Å². The fourth-order valence-electron chi connectivity index (χ4n) is 6.31. The monoisotopic (exact) mass is 578 g/mol. The van der Waals surface area contributed by atoms with E-state index in [2.05, 4.69) is 36.8 Å². The Morgan fingerprint density at radius 2 is 1.61 bits per heavy atom. The molecule has 2 amide bonds. The average molecular weight is 580 g/mol. The maximum absolute atomic E-state index is 14.0. The second kappa shape index (κ2) is 12.9. The van der Waals surface area contributed by atoms with Crippen molar-refractivity contribution in [1.82, 2.24) is 19.8 Å². The number of hydrogen-bond donors (Lipinski definition) is 1. The van der Waals surface area contributed by atoms with Crippen LogP contribution in [0.25, 0.3) is 11.0 Å². The van der Waals surface area contributed by atoms with E-state index in [1.54, 1.807) is 0 Å². The Morgan fingerprint density at radius 1 is 0.921 bits per heavy atom. The van der Waals surface area contributed by atoms with Crippen LogP contribution in [-0.4, -0.2) is 44.9 Å². The molecule has 1 heterocycles. The Bertz CT molecular complexity index is 1230. The molecule has 0 saturated heterocycles. The third-order valence-electron chi connectivity index (χ3n) is 8.20. The number of benzene rings is 2. The summed E-state index contributed by atoms with van der Waals surface area (Å²) in [6, 6.07) is 16.3. The van der Waals surface area contributed by atoms with Crippen molar-refractivity contribution in [2.24, 2.45) is 0 Å². The molecule has 0 radical (unpaired) electrons. The Labute approximate surface area is 234 Å². The van der Waals surface area contributed by atoms with Crippen LogP contribution >= 0.6 is 15.9 Å². The first-order valence-corrected chi connectivity index (χ1v) is 15.2. The van der Waals surface area contributed by atoms with Gasteiger partial charge in [-0.05, 0) is 62.4 Å². The van der Waals surface area contributed by atoms with Gasteiger partial charge in [0.05, 0.1) is 11.0 Å². The van der Waals surface area contributed by atoms with Crippen LogP contribution in [-0.2, 0) is 17.8 Å². The van der Waals surface area contributed by atoms with Crippen molar-refractivity contribution in [2.75, 3.05) is 6.54 Å². The van der Waals surface area contributed by atoms with E-state index in [1.165, 1.54) is 38.5 Å². The molecule has 0 bridgehead atoms. The predicted octanol–water partition coefficient (Wildman–Crippen LogP) is 6.66. The number of aryl methyl sites for hydroxylation is 1. The summed E-state index contributed by atoms with van der Waals surface area (Å²) in [6.07, 6.45) is 13.5. The third kappa shape index (κ3) is 6.48. The smallest absolute Gasteiger partial charge is 0.251 e. The van der Waals surface area contributed by atoms with Gasteiger partial charge < -0.3 is 14.8 Å². The van der Waals surface area contributed by atoms with Gasteiger partial charge in [-0.15, -0.1) is 0 Å². The van der Waals surface area contributed by atoms with Gasteiger partial charge in [0.2, 0.25) is 5.91 Å². The van der Waals surface area contributed by atoms with E-state index in [-0.39, 0.29) is 11.8 Å². The second-order valence-electron chi connectivity index (χ2n) is 10.9. The Morgan fingerprint density at radius 3 is 2.29 bits per heavy atom. The number of rotatable bonds is 9. The van der Waals surface area contributed by atoms with E-state index < -0.39 is 0 Å². The summed E-state index contributed by atoms with van der Waals surface area (Å²) < 4.78 is 3.02. The molecule has 2 aliphatic carbocycles. The fourth-order valence-corrected chi connectivity index (χ4v) is 6.71. The first-order valence-electron chi connectivity index (χ1n) is 14.4. The normalized spacial score (nSPS) is 17.0. The molecular weight excluding hydrogens is 540 g/mol. The van der Waals surface area contributed by atoms with E-state index >= 15 is 0 Å². The number of nitrogens with one attached hydrogen (secondary N) is 1. The summed E-state index contributed by atoms with van der Waals surface area (Å²) in [5.41, 5.74) is 2.58. The van der Waals surface area contributed by atoms with Crippen molar-refractivity contribution in [3.05, 3.63) is 64.4 Å². The fraction of sp³-hybridized carbons (Fsp3) is 0.516. The van der Waals surface area contributed by atoms with E-state index in [0.29, 0.717) is 37.2 Å². The van der Waals surface area contributed by atoms with Gasteiger partial charge >= 0.3 is 0 Å². The van der Waals surface area contributed by atoms with Gasteiger partial charge in [0.1, 0.15) is 12.4 Å². The van der Waals surface area contributed by atoms with Crippen molar-refractivity contribution in [3.8, 4) is 0 Å². The summed E-state index contributed by atoms with van der Waals surface area (Å²) in [7, 11) is 0. The van der Waals surface area contributed by atoms with Crippen molar-refractivity contribution < 1.29 is 9.59 Å². The van der Waals surface area contributed by atoms with Crippen molar-refractivity contribution >= 4 is 38.8 Å². The lowest BCUT2D eigenvalue weighted by molar-refractivity contribution is -0.138. The number of nitrogens with zero attached hydrogens (tertiary/aromatic N) is 3. The van der Waals surface area contributed by atoms with Crippen LogP contribution in [0.4, 0.5) is 0 Å². The van der Waals surface area contributed by atoms with Crippen LogP contribution in [0.1, 0.15) is 86.8 Å². The first kappa shape index (κ1) is 26.9. The predicted molar refractivity (Wildman–Crippen MR) is 155 cm³/mol. The quantitative estimate of drug-likeness (QED) is 0.289. The van der Waals surface area contributed by atoms with Gasteiger partial charge in [0.15, 0.2) is 0 Å². The molecule has 0 unspecified atom stereocenters. The minimum atomic E-state index is -0.0782. The number of aromatic nitrogens is 2. The van der Waals surface area contributed by atoms with Crippen LogP contribution in [0, 0.1) is 0 Å². The van der Waals surface area contributed by atoms with Crippen molar-refractivity contribution in [3.63, 3.8) is 0 Å². The van der Waals surface area contributed by atoms with Gasteiger partial charge in [-0.1, -0.05) is 72.7 Å². The number of amides is 2. The minimum Gasteiger partial charge on any atom is -0.352 e. The summed E-state index contributed by atoms with van der Waals surface area (Å²) in [6.45, 7) is 0.895. The average Bonchev–Trinajstić information content (AvgIpc) is 3.29. The molecule has 1 aromatic heterocycles. The van der Waals surface area contributed by atoms with Crippen LogP contribution in [0.15, 0.2) is 53.0 Å². The highest BCUT2D eigenvalue weighted by atomic mass is 79.9. The molecule has 1 N–H and O–H groups in total. The lowest BCUT2D eigenvalue weighted by atomic mass is 9.88. The molecule has 38 heavy (non-hydrogen) atoms. The molecule has 202 valence electrons. The summed E-state index contributed by atoms with van der Waals surface area (Å²) >= 11 is 3.43. The molecule has 2 saturated carbocycles. The molecule has 3 aromatic rings. The molecule has 5 rings (SSSR count). The van der Waals surface area contributed by atoms with Crippen LogP contribution in [0.2, 0.25) is 0 Å². The second-order valence-corrected chi connectivity index (χ2v) is 11.8. The third-order valence-corrected chi connectivity index (χ3v) is 8.69. The van der Waals surface area contributed by atoms with Crippen LogP contribution in [0.5, 0.6) is 0 Å². The highest BCUT2D eigenvalue weighted by Crippen LogP contribution is 2.31. The highest BCUT2D eigenvalue weighted by molar-refractivity contribution is 9.10. The van der Waals surface area contributed by atoms with Crippen LogP contribution < -0.4 is 5.32 Å². The Hall–Kier alpha value is -2.67. The van der Waals surface area contributed by atoms with Gasteiger partial charge in [0, 0.05) is 35.1 Å². The van der Waals surface area contributed by atoms with Gasteiger partial charge in [-0.3, -0.25) is 9.59 Å². The van der Waals surface area contributed by atoms with Gasteiger partial charge in [-0.2, -0.15) is 0 Å². The van der Waals surface area contributed by atoms with Crippen molar-refractivity contribution in [1.29, 1.82) is 0 Å². The first-order chi connectivity index (χ1) is 18.6. The standard InChI is InChI=1S/C31H39BrN4O2/c32-24-12-9-11-23(21-24)31(38)33-20-10-19-29-34-27-17-7-8-18-28(27)35(29)22-30(37)36(25-13-3-1-4-14-25)26-15-5-2-6-16-26/h7-9,11-12,17-18,21,25-26H,1-6,10,13-16,19-20,22H2,(H,33,38). The molecule has 0 aliphatic heterocycles. The maximum atomic E-state index is 14.0. The summed E-state index contributed by atoms with van der Waals surface area (Å²) in [5.74, 6) is 1.09. The largest absolute Gasteiger partial charge is 0.352 e. The van der Waals surface area contributed by atoms with Gasteiger partial charge in [0.25, 0.3) is 5.91 Å². The van der Waals surface area contributed by atoms with E-state index in [9.17, 15) is 9.59 Å². The lowest BCUT2D eigenvalue weighted by Crippen LogP contribution is -2.50. The van der Waals surface area contributed by atoms with E-state index in [4.69, 9.17) is 4.98 Å². The summed E-state index contributed by atoms with van der Waals surface area (Å²) in [4.78, 5) is 33.8. The minimum absolute atomic E-state index is 0.0782. The number of carbonyl (C=O) groups is 2. The lowest BCUT2D eigenvalue weighted by Gasteiger charge is -2.42. The summed E-state index contributed by atoms with van der Waals surface area (Å²) in [5, 5.41) is 3.02. The number of hydrogen-bond acceptors (Lipinski definition) is 3. The zero-order valence-electron chi connectivity index (χ0n) is 22.2. The van der Waals surface area contributed by atoms with E-state index in [1.807, 2.05) is 42.5 Å². The molecule has 7 heteroatoms. The maximum Gasteiger partial charge on any atom is 0.251 e. The molecular formula is C31H39BrN4O2. The Balaban J connectivity index is 1.29. The molecule has 2 aromatic carbocycles. The molecule has 2 fully saturated rings. The topological polar surface area (TPSA) is 67.2 Å². The molecule has 6 nitrogen and oxygen atoms in total. The number of fused-ring (bicyclic) bond motifs is 1. The highest BCUT2D eigenvalue weighted by Gasteiger charge is 2.33.